The third kappa shape index (κ3) is 3.02. The number of nitrogens with two attached hydrogens (primary N) is 1. The third-order valence-corrected chi connectivity index (χ3v) is 1.78. The lowest BCUT2D eigenvalue weighted by Crippen LogP contribution is -2.09. The van der Waals surface area contributed by atoms with Crippen LogP contribution in [0.1, 0.15) is 17.5 Å². The normalized spacial score (nSPS) is 10.4. The maximum atomic E-state index is 12.4. The maximum absolute atomic E-state index is 12.4. The molecule has 84 valence electrons. The highest BCUT2D eigenvalue weighted by molar-refractivity contribution is 5.57. The second kappa shape index (κ2) is 4.71. The molecule has 1 aromatic rings. The molecule has 0 unspecified atom stereocenters. The molecule has 0 fully saturated rings. The zero-order valence-corrected chi connectivity index (χ0v) is 8.14. The van der Waals surface area contributed by atoms with Crippen molar-refractivity contribution in [3.63, 3.8) is 0 Å². The Morgan fingerprint density at radius 1 is 1.38 bits per heavy atom. The molecule has 0 saturated carbocycles. The minimum atomic E-state index is -4.49. The lowest BCUT2D eigenvalue weighted by molar-refractivity contribution is -0.136. The maximum Gasteiger partial charge on any atom is 0.418 e. The molecule has 0 saturated heterocycles. The summed E-state index contributed by atoms with van der Waals surface area (Å²) in [7, 11) is 0. The molecular formula is C11H8F3NO. The molecule has 0 aromatic heterocycles. The van der Waals surface area contributed by atoms with E-state index in [4.69, 9.17) is 5.73 Å². The minimum Gasteiger partial charge on any atom is -0.398 e. The van der Waals surface area contributed by atoms with Crippen molar-refractivity contribution in [2.24, 2.45) is 0 Å². The van der Waals surface area contributed by atoms with E-state index in [1.54, 1.807) is 0 Å². The number of aldehydes is 1. The second-order valence-electron chi connectivity index (χ2n) is 2.97. The van der Waals surface area contributed by atoms with Gasteiger partial charge in [-0.25, -0.2) is 0 Å². The van der Waals surface area contributed by atoms with Crippen molar-refractivity contribution in [1.82, 2.24) is 0 Å². The molecular weight excluding hydrogens is 219 g/mol. The summed E-state index contributed by atoms with van der Waals surface area (Å²) in [6, 6.07) is 3.39. The van der Waals surface area contributed by atoms with Crippen LogP contribution in [0, 0.1) is 11.8 Å². The van der Waals surface area contributed by atoms with Crippen molar-refractivity contribution in [2.75, 3.05) is 5.73 Å². The number of carbonyl (C=O) groups excluding carboxylic acids is 1. The third-order valence-electron chi connectivity index (χ3n) is 1.78. The van der Waals surface area contributed by atoms with Gasteiger partial charge in [-0.2, -0.15) is 13.2 Å². The smallest absolute Gasteiger partial charge is 0.398 e. The van der Waals surface area contributed by atoms with Gasteiger partial charge in [0.25, 0.3) is 0 Å². The lowest BCUT2D eigenvalue weighted by Gasteiger charge is -2.09. The number of benzene rings is 1. The minimum absolute atomic E-state index is 0.00821. The molecule has 0 heterocycles. The Bertz CT molecular complexity index is 455. The van der Waals surface area contributed by atoms with E-state index >= 15 is 0 Å². The summed E-state index contributed by atoms with van der Waals surface area (Å²) in [5.74, 6) is 4.87. The first-order valence-electron chi connectivity index (χ1n) is 4.34. The monoisotopic (exact) mass is 227 g/mol. The number of anilines is 1. The van der Waals surface area contributed by atoms with Crippen molar-refractivity contribution < 1.29 is 18.0 Å². The molecule has 1 aromatic carbocycles. The number of halogens is 3. The first-order chi connectivity index (χ1) is 7.45. The van der Waals surface area contributed by atoms with E-state index in [0.29, 0.717) is 6.29 Å². The van der Waals surface area contributed by atoms with Gasteiger partial charge in [-0.1, -0.05) is 11.8 Å². The van der Waals surface area contributed by atoms with Gasteiger partial charge in [0.15, 0.2) is 0 Å². The van der Waals surface area contributed by atoms with E-state index in [2.05, 4.69) is 11.8 Å². The van der Waals surface area contributed by atoms with E-state index < -0.39 is 11.7 Å². The molecule has 0 amide bonds. The Labute approximate surface area is 90.3 Å². The Hall–Kier alpha value is -1.96. The zero-order chi connectivity index (χ0) is 12.2. The van der Waals surface area contributed by atoms with E-state index in [-0.39, 0.29) is 17.7 Å². The largest absolute Gasteiger partial charge is 0.418 e. The van der Waals surface area contributed by atoms with Crippen molar-refractivity contribution in [3.05, 3.63) is 29.3 Å². The number of carbonyl (C=O) groups is 1. The highest BCUT2D eigenvalue weighted by Crippen LogP contribution is 2.33. The van der Waals surface area contributed by atoms with Gasteiger partial charge < -0.3 is 10.5 Å². The van der Waals surface area contributed by atoms with Crippen LogP contribution in [0.3, 0.4) is 0 Å². The first-order valence-corrected chi connectivity index (χ1v) is 4.34. The van der Waals surface area contributed by atoms with E-state index in [0.717, 1.165) is 12.1 Å². The van der Waals surface area contributed by atoms with Crippen LogP contribution >= 0.6 is 0 Å². The Kier molecular flexibility index (Phi) is 3.56. The van der Waals surface area contributed by atoms with Crippen LogP contribution in [-0.2, 0) is 11.0 Å². The Morgan fingerprint density at radius 2 is 2.06 bits per heavy atom. The predicted octanol–water partition coefficient (Wildman–Crippen LogP) is 2.23. The van der Waals surface area contributed by atoms with Crippen molar-refractivity contribution in [2.45, 2.75) is 12.6 Å². The van der Waals surface area contributed by atoms with Gasteiger partial charge in [0, 0.05) is 11.3 Å². The average molecular weight is 227 g/mol. The van der Waals surface area contributed by atoms with Gasteiger partial charge in [-0.05, 0) is 18.2 Å². The molecule has 5 heteroatoms. The molecule has 1 rings (SSSR count). The zero-order valence-electron chi connectivity index (χ0n) is 8.14. The molecule has 0 bridgehead atoms. The fraction of sp³-hybridized carbons (Fsp3) is 0.182. The van der Waals surface area contributed by atoms with Gasteiger partial charge in [0.1, 0.15) is 6.29 Å². The molecule has 0 aliphatic rings. The van der Waals surface area contributed by atoms with Crippen molar-refractivity contribution >= 4 is 12.0 Å². The molecule has 0 radical (unpaired) electrons. The molecule has 0 aliphatic heterocycles. The van der Waals surface area contributed by atoms with Crippen LogP contribution in [-0.4, -0.2) is 6.29 Å². The number of alkyl halides is 3. The summed E-state index contributed by atoms with van der Waals surface area (Å²) in [4.78, 5) is 9.97. The van der Waals surface area contributed by atoms with Crippen molar-refractivity contribution in [3.8, 4) is 11.8 Å². The van der Waals surface area contributed by atoms with Crippen LogP contribution in [0.5, 0.6) is 0 Å². The molecule has 2 nitrogen and oxygen atoms in total. The van der Waals surface area contributed by atoms with Crippen LogP contribution in [0.15, 0.2) is 18.2 Å². The SMILES string of the molecule is Nc1ccc(C#CCC=O)cc1C(F)(F)F. The van der Waals surface area contributed by atoms with E-state index in [1.807, 2.05) is 0 Å². The standard InChI is InChI=1S/C11H8F3NO/c12-11(13,14)9-7-8(3-1-2-6-16)4-5-10(9)15/h4-7H,2,15H2. The van der Waals surface area contributed by atoms with Gasteiger partial charge in [0.2, 0.25) is 0 Å². The van der Waals surface area contributed by atoms with Crippen LogP contribution in [0.2, 0.25) is 0 Å². The van der Waals surface area contributed by atoms with Crippen LogP contribution < -0.4 is 5.73 Å². The van der Waals surface area contributed by atoms with Gasteiger partial charge >= 0.3 is 6.18 Å². The summed E-state index contributed by atoms with van der Waals surface area (Å²) >= 11 is 0. The van der Waals surface area contributed by atoms with Gasteiger partial charge in [-0.15, -0.1) is 0 Å². The second-order valence-corrected chi connectivity index (χ2v) is 2.97. The number of nitrogen functional groups attached to an aromatic ring is 1. The first kappa shape index (κ1) is 12.1. The number of hydrogen-bond acceptors (Lipinski definition) is 2. The summed E-state index contributed by atoms with van der Waals surface area (Å²) in [5, 5.41) is 0. The van der Waals surface area contributed by atoms with E-state index in [1.165, 1.54) is 6.07 Å². The fourth-order valence-electron chi connectivity index (χ4n) is 1.07. The Morgan fingerprint density at radius 3 is 2.62 bits per heavy atom. The summed E-state index contributed by atoms with van der Waals surface area (Å²) < 4.78 is 37.3. The molecule has 2 N–H and O–H groups in total. The summed E-state index contributed by atoms with van der Waals surface area (Å²) in [5.41, 5.74) is 4.14. The average Bonchev–Trinajstić information content (AvgIpc) is 2.19. The topological polar surface area (TPSA) is 43.1 Å². The highest BCUT2D eigenvalue weighted by Gasteiger charge is 2.32. The molecule has 16 heavy (non-hydrogen) atoms. The fourth-order valence-corrected chi connectivity index (χ4v) is 1.07. The molecule has 0 atom stereocenters. The molecule has 0 aliphatic carbocycles. The number of hydrogen-bond donors (Lipinski definition) is 1. The predicted molar refractivity (Wildman–Crippen MR) is 53.4 cm³/mol. The number of rotatable bonds is 1. The van der Waals surface area contributed by atoms with Crippen LogP contribution in [0.25, 0.3) is 0 Å². The molecule has 0 spiro atoms. The highest BCUT2D eigenvalue weighted by atomic mass is 19.4. The summed E-state index contributed by atoms with van der Waals surface area (Å²) in [6.07, 6.45) is -3.92. The van der Waals surface area contributed by atoms with Crippen molar-refractivity contribution in [1.29, 1.82) is 0 Å². The van der Waals surface area contributed by atoms with E-state index in [9.17, 15) is 18.0 Å². The van der Waals surface area contributed by atoms with Gasteiger partial charge in [-0.3, -0.25) is 0 Å². The Balaban J connectivity index is 3.09. The quantitative estimate of drug-likeness (QED) is 0.454. The van der Waals surface area contributed by atoms with Crippen LogP contribution in [0.4, 0.5) is 18.9 Å². The lowest BCUT2D eigenvalue weighted by atomic mass is 10.1. The summed E-state index contributed by atoms with van der Waals surface area (Å²) in [6.45, 7) is 0. The van der Waals surface area contributed by atoms with Gasteiger partial charge in [0.05, 0.1) is 12.0 Å².